The second-order valence-electron chi connectivity index (χ2n) is 9.18. The molecule has 0 N–H and O–H groups in total. The number of anilines is 1. The van der Waals surface area contributed by atoms with Crippen molar-refractivity contribution in [3.63, 3.8) is 0 Å². The maximum absolute atomic E-state index is 13.3. The molecule has 11 heteroatoms. The maximum Gasteiger partial charge on any atom is 0.423 e. The molecule has 0 spiro atoms. The number of nitrogens with zero attached hydrogens (tertiary/aromatic N) is 7. The van der Waals surface area contributed by atoms with Crippen LogP contribution in [-0.2, 0) is 23.2 Å². The SMILES string of the molecule is Cn1nnnc1/C(=N\OCc1cccc(N(C(=O)OC(C)(C)C)C(=O)c2ccccc2)n1)c1ccccc1. The van der Waals surface area contributed by atoms with E-state index in [0.717, 1.165) is 10.5 Å². The van der Waals surface area contributed by atoms with Crippen molar-refractivity contribution in [3.8, 4) is 0 Å². The number of carbonyl (C=O) groups excluding carboxylic acids is 2. The van der Waals surface area contributed by atoms with Gasteiger partial charge in [0, 0.05) is 18.2 Å². The van der Waals surface area contributed by atoms with Gasteiger partial charge < -0.3 is 9.57 Å². The standard InChI is InChI=1S/C27H27N7O4/c1-27(2,3)38-26(36)34(25(35)20-14-9-6-10-15-20)22-17-11-16-21(28-22)18-37-30-23(19-12-7-5-8-13-19)24-29-31-32-33(24)4/h5-17H,18H2,1-4H3/b30-23-. The monoisotopic (exact) mass is 513 g/mol. The van der Waals surface area contributed by atoms with Gasteiger partial charge >= 0.3 is 6.09 Å². The number of rotatable bonds is 7. The van der Waals surface area contributed by atoms with Crippen molar-refractivity contribution in [1.29, 1.82) is 0 Å². The lowest BCUT2D eigenvalue weighted by molar-refractivity contribution is 0.0562. The Labute approximate surface area is 219 Å². The molecule has 38 heavy (non-hydrogen) atoms. The smallest absolute Gasteiger partial charge is 0.423 e. The number of carbonyl (C=O) groups is 2. The van der Waals surface area contributed by atoms with Crippen molar-refractivity contribution in [1.82, 2.24) is 25.2 Å². The Hall–Kier alpha value is -4.93. The molecule has 0 radical (unpaired) electrons. The Kier molecular flexibility index (Phi) is 7.86. The minimum atomic E-state index is -0.837. The first-order chi connectivity index (χ1) is 18.2. The van der Waals surface area contributed by atoms with Crippen LogP contribution in [0.2, 0.25) is 0 Å². The molecule has 0 aliphatic rings. The van der Waals surface area contributed by atoms with E-state index >= 15 is 0 Å². The molecule has 0 fully saturated rings. The van der Waals surface area contributed by atoms with Crippen LogP contribution >= 0.6 is 0 Å². The lowest BCUT2D eigenvalue weighted by atomic mass is 10.1. The number of ether oxygens (including phenoxy) is 1. The number of hydrogen-bond acceptors (Lipinski definition) is 9. The van der Waals surface area contributed by atoms with Gasteiger partial charge in [-0.15, -0.1) is 5.10 Å². The molecule has 0 bridgehead atoms. The summed E-state index contributed by atoms with van der Waals surface area (Å²) in [5.41, 5.74) is 1.13. The highest BCUT2D eigenvalue weighted by molar-refractivity contribution is 6.18. The summed E-state index contributed by atoms with van der Waals surface area (Å²) in [6.07, 6.45) is -0.837. The third-order valence-electron chi connectivity index (χ3n) is 5.07. The summed E-state index contributed by atoms with van der Waals surface area (Å²) in [4.78, 5) is 37.4. The van der Waals surface area contributed by atoms with Crippen LogP contribution in [0.15, 0.2) is 84.0 Å². The van der Waals surface area contributed by atoms with Crippen molar-refractivity contribution < 1.29 is 19.2 Å². The first-order valence-corrected chi connectivity index (χ1v) is 11.8. The van der Waals surface area contributed by atoms with Crippen LogP contribution in [0.1, 0.15) is 48.2 Å². The van der Waals surface area contributed by atoms with Crippen LogP contribution in [0.3, 0.4) is 0 Å². The van der Waals surface area contributed by atoms with Crippen molar-refractivity contribution >= 4 is 23.5 Å². The lowest BCUT2D eigenvalue weighted by Gasteiger charge is -2.25. The van der Waals surface area contributed by atoms with Crippen LogP contribution < -0.4 is 4.90 Å². The summed E-state index contributed by atoms with van der Waals surface area (Å²) in [7, 11) is 1.70. The fourth-order valence-electron chi connectivity index (χ4n) is 3.38. The van der Waals surface area contributed by atoms with Gasteiger partial charge in [-0.1, -0.05) is 59.8 Å². The third-order valence-corrected chi connectivity index (χ3v) is 5.07. The largest absolute Gasteiger partial charge is 0.443 e. The quantitative estimate of drug-likeness (QED) is 0.267. The summed E-state index contributed by atoms with van der Waals surface area (Å²) in [5.74, 6) is -0.0500. The van der Waals surface area contributed by atoms with Gasteiger partial charge in [-0.3, -0.25) is 4.79 Å². The molecule has 2 aromatic carbocycles. The van der Waals surface area contributed by atoms with E-state index in [1.54, 1.807) is 76.3 Å². The highest BCUT2D eigenvalue weighted by Gasteiger charge is 2.30. The van der Waals surface area contributed by atoms with Gasteiger partial charge in [-0.2, -0.15) is 4.90 Å². The molecule has 0 aliphatic heterocycles. The van der Waals surface area contributed by atoms with E-state index in [1.165, 1.54) is 4.68 Å². The summed E-state index contributed by atoms with van der Waals surface area (Å²) >= 11 is 0. The molecular weight excluding hydrogens is 486 g/mol. The molecule has 0 unspecified atom stereocenters. The zero-order valence-electron chi connectivity index (χ0n) is 21.5. The van der Waals surface area contributed by atoms with Crippen molar-refractivity contribution in [2.45, 2.75) is 33.0 Å². The van der Waals surface area contributed by atoms with Crippen molar-refractivity contribution in [2.24, 2.45) is 12.2 Å². The van der Waals surface area contributed by atoms with E-state index < -0.39 is 17.6 Å². The first kappa shape index (κ1) is 26.1. The van der Waals surface area contributed by atoms with E-state index in [1.807, 2.05) is 30.3 Å². The average molecular weight is 514 g/mol. The lowest BCUT2D eigenvalue weighted by Crippen LogP contribution is -2.41. The second-order valence-corrected chi connectivity index (χ2v) is 9.18. The summed E-state index contributed by atoms with van der Waals surface area (Å²) in [5, 5.41) is 15.9. The first-order valence-electron chi connectivity index (χ1n) is 11.8. The number of amides is 2. The topological polar surface area (TPSA) is 125 Å². The van der Waals surface area contributed by atoms with Crippen LogP contribution in [-0.4, -0.2) is 48.5 Å². The fraction of sp³-hybridized carbons (Fsp3) is 0.222. The van der Waals surface area contributed by atoms with Crippen LogP contribution in [0.4, 0.5) is 10.6 Å². The predicted octanol–water partition coefficient (Wildman–Crippen LogP) is 4.16. The zero-order chi connectivity index (χ0) is 27.1. The van der Waals surface area contributed by atoms with E-state index in [9.17, 15) is 9.59 Å². The van der Waals surface area contributed by atoms with Gasteiger partial charge in [0.25, 0.3) is 5.91 Å². The van der Waals surface area contributed by atoms with Gasteiger partial charge in [0.1, 0.15) is 11.4 Å². The van der Waals surface area contributed by atoms with Gasteiger partial charge in [-0.05, 0) is 55.5 Å². The Morgan fingerprint density at radius 3 is 2.18 bits per heavy atom. The molecule has 2 amide bonds. The van der Waals surface area contributed by atoms with Crippen LogP contribution in [0, 0.1) is 0 Å². The average Bonchev–Trinajstić information content (AvgIpc) is 3.32. The number of oxime groups is 1. The molecule has 4 aromatic rings. The van der Waals surface area contributed by atoms with Gasteiger partial charge in [-0.25, -0.2) is 14.5 Å². The van der Waals surface area contributed by atoms with Gasteiger partial charge in [0.15, 0.2) is 12.3 Å². The highest BCUT2D eigenvalue weighted by atomic mass is 16.6. The third kappa shape index (κ3) is 6.44. The maximum atomic E-state index is 13.3. The molecule has 0 saturated heterocycles. The van der Waals surface area contributed by atoms with E-state index in [4.69, 9.17) is 9.57 Å². The molecular formula is C27H27N7O4. The molecule has 2 aromatic heterocycles. The minimum Gasteiger partial charge on any atom is -0.443 e. The van der Waals surface area contributed by atoms with Crippen molar-refractivity contribution in [3.05, 3.63) is 102 Å². The number of pyridine rings is 1. The fourth-order valence-corrected chi connectivity index (χ4v) is 3.38. The number of tetrazole rings is 1. The summed E-state index contributed by atoms with van der Waals surface area (Å²) in [6, 6.07) is 22.7. The Morgan fingerprint density at radius 1 is 0.921 bits per heavy atom. The molecule has 0 atom stereocenters. The predicted molar refractivity (Wildman–Crippen MR) is 139 cm³/mol. The number of hydrogen-bond donors (Lipinski definition) is 0. The van der Waals surface area contributed by atoms with Crippen molar-refractivity contribution in [2.75, 3.05) is 4.90 Å². The number of benzene rings is 2. The Bertz CT molecular complexity index is 1430. The molecule has 4 rings (SSSR count). The van der Waals surface area contributed by atoms with Crippen LogP contribution in [0.25, 0.3) is 0 Å². The number of imide groups is 1. The van der Waals surface area contributed by atoms with E-state index in [2.05, 4.69) is 25.7 Å². The number of aromatic nitrogens is 5. The summed E-state index contributed by atoms with van der Waals surface area (Å²) < 4.78 is 6.99. The van der Waals surface area contributed by atoms with Gasteiger partial charge in [0.05, 0.1) is 5.69 Å². The molecule has 11 nitrogen and oxygen atoms in total. The molecule has 194 valence electrons. The number of aryl methyl sites for hydroxylation is 1. The van der Waals surface area contributed by atoms with E-state index in [-0.39, 0.29) is 12.4 Å². The normalized spacial score (nSPS) is 11.6. The Morgan fingerprint density at radius 2 is 1.58 bits per heavy atom. The molecule has 2 heterocycles. The van der Waals surface area contributed by atoms with E-state index in [0.29, 0.717) is 22.8 Å². The molecule has 0 saturated carbocycles. The van der Waals surface area contributed by atoms with Crippen LogP contribution in [0.5, 0.6) is 0 Å². The Balaban J connectivity index is 1.61. The summed E-state index contributed by atoms with van der Waals surface area (Å²) in [6.45, 7) is 5.13. The zero-order valence-corrected chi connectivity index (χ0v) is 21.5. The van der Waals surface area contributed by atoms with Gasteiger partial charge in [0.2, 0.25) is 5.82 Å². The molecule has 0 aliphatic carbocycles. The highest BCUT2D eigenvalue weighted by Crippen LogP contribution is 2.20. The minimum absolute atomic E-state index is 0.0445. The second kappa shape index (κ2) is 11.4.